The van der Waals surface area contributed by atoms with Crippen LogP contribution < -0.4 is 14.8 Å². The first-order valence-electron chi connectivity index (χ1n) is 12.0. The van der Waals surface area contributed by atoms with Crippen LogP contribution in [0.1, 0.15) is 24.0 Å². The molecule has 38 heavy (non-hydrogen) atoms. The summed E-state index contributed by atoms with van der Waals surface area (Å²) < 4.78 is 17.3. The molecule has 3 amide bonds. The number of hydrogen-bond acceptors (Lipinski definition) is 9. The van der Waals surface area contributed by atoms with E-state index < -0.39 is 11.1 Å². The third-order valence-corrected chi connectivity index (χ3v) is 6.64. The Hall–Kier alpha value is -4.38. The number of rotatable bonds is 7. The molecule has 0 unspecified atom stereocenters. The predicted molar refractivity (Wildman–Crippen MR) is 140 cm³/mol. The van der Waals surface area contributed by atoms with Gasteiger partial charge in [-0.2, -0.15) is 0 Å². The Bertz CT molecular complexity index is 1360. The van der Waals surface area contributed by atoms with Crippen LogP contribution in [0.25, 0.3) is 6.08 Å². The largest absolute Gasteiger partial charge is 0.474 e. The molecule has 0 spiro atoms. The zero-order valence-electron chi connectivity index (χ0n) is 20.2. The van der Waals surface area contributed by atoms with Crippen LogP contribution in [0, 0.1) is 0 Å². The fourth-order valence-corrected chi connectivity index (χ4v) is 4.62. The van der Waals surface area contributed by atoms with Gasteiger partial charge in [0.25, 0.3) is 11.1 Å². The van der Waals surface area contributed by atoms with Gasteiger partial charge in [0.05, 0.1) is 11.0 Å². The van der Waals surface area contributed by atoms with Crippen molar-refractivity contribution in [2.45, 2.75) is 25.6 Å². The molecule has 0 aliphatic carbocycles. The summed E-state index contributed by atoms with van der Waals surface area (Å²) in [6.07, 6.45) is 3.83. The first-order chi connectivity index (χ1) is 18.5. The first kappa shape index (κ1) is 25.3. The van der Waals surface area contributed by atoms with Crippen LogP contribution in [-0.2, 0) is 16.1 Å². The number of ether oxygens (including phenoxy) is 3. The lowest BCUT2D eigenvalue weighted by molar-refractivity contribution is -0.115. The van der Waals surface area contributed by atoms with Crippen molar-refractivity contribution in [3.8, 4) is 17.5 Å². The summed E-state index contributed by atoms with van der Waals surface area (Å²) in [6, 6.07) is 18.2. The molecule has 2 aliphatic heterocycles. The van der Waals surface area contributed by atoms with Crippen molar-refractivity contribution in [2.75, 3.05) is 13.1 Å². The summed E-state index contributed by atoms with van der Waals surface area (Å²) >= 11 is 0.855. The number of carbonyl (C=O) groups is 3. The van der Waals surface area contributed by atoms with Gasteiger partial charge in [0.2, 0.25) is 11.8 Å². The number of carbonyl (C=O) groups excluding carboxylic acids is 3. The normalized spacial score (nSPS) is 16.8. The van der Waals surface area contributed by atoms with E-state index in [1.165, 1.54) is 6.33 Å². The molecule has 11 heteroatoms. The van der Waals surface area contributed by atoms with E-state index >= 15 is 0 Å². The van der Waals surface area contributed by atoms with Gasteiger partial charge in [-0.1, -0.05) is 42.5 Å². The van der Waals surface area contributed by atoms with Crippen molar-refractivity contribution in [1.82, 2.24) is 20.2 Å². The molecule has 2 aliphatic rings. The summed E-state index contributed by atoms with van der Waals surface area (Å²) in [5, 5.41) is 1.84. The zero-order chi connectivity index (χ0) is 26.3. The van der Waals surface area contributed by atoms with E-state index in [2.05, 4.69) is 15.3 Å². The molecular weight excluding hydrogens is 508 g/mol. The minimum Gasteiger partial charge on any atom is -0.474 e. The van der Waals surface area contributed by atoms with Gasteiger partial charge in [-0.25, -0.2) is 14.8 Å². The van der Waals surface area contributed by atoms with Crippen LogP contribution in [0.5, 0.6) is 17.5 Å². The van der Waals surface area contributed by atoms with Crippen molar-refractivity contribution in [3.05, 3.63) is 83.0 Å². The van der Waals surface area contributed by atoms with E-state index in [0.29, 0.717) is 53.9 Å². The van der Waals surface area contributed by atoms with Gasteiger partial charge in [0.15, 0.2) is 0 Å². The van der Waals surface area contributed by atoms with Crippen LogP contribution in [0.2, 0.25) is 0 Å². The van der Waals surface area contributed by atoms with Gasteiger partial charge < -0.3 is 19.1 Å². The Morgan fingerprint density at radius 2 is 1.82 bits per heavy atom. The molecule has 1 aromatic heterocycles. The van der Waals surface area contributed by atoms with Gasteiger partial charge in [-0.05, 0) is 41.1 Å². The number of hydrogen-bond donors (Lipinski definition) is 1. The summed E-state index contributed by atoms with van der Waals surface area (Å²) in [5.41, 5.74) is 1.65. The highest BCUT2D eigenvalue weighted by atomic mass is 32.2. The van der Waals surface area contributed by atoms with E-state index in [9.17, 15) is 14.4 Å². The standard InChI is InChI=1S/C27H24N4O6S/c32-25-22(38-26(33)30-25)14-19-7-4-8-21(13-19)37-24-15-23(28-17-29-24)36-20-9-11-31(12-10-20)27(34)35-16-18-5-2-1-3-6-18/h1-8,13-15,17,20H,9-12,16H2,(H,30,32,33)/b22-14-. The molecular formula is C27H24N4O6S. The van der Waals surface area contributed by atoms with E-state index in [0.717, 1.165) is 17.3 Å². The molecule has 3 heterocycles. The topological polar surface area (TPSA) is 120 Å². The lowest BCUT2D eigenvalue weighted by Gasteiger charge is -2.31. The summed E-state index contributed by atoms with van der Waals surface area (Å²) in [7, 11) is 0. The number of piperidine rings is 1. The van der Waals surface area contributed by atoms with Crippen molar-refractivity contribution in [2.24, 2.45) is 0 Å². The molecule has 2 aromatic carbocycles. The van der Waals surface area contributed by atoms with Crippen LogP contribution in [0.4, 0.5) is 9.59 Å². The van der Waals surface area contributed by atoms with Crippen LogP contribution in [-0.4, -0.2) is 51.3 Å². The zero-order valence-corrected chi connectivity index (χ0v) is 21.1. The fraction of sp³-hybridized carbons (Fsp3) is 0.222. The number of thioether (sulfide) groups is 1. The molecule has 0 bridgehead atoms. The molecule has 2 saturated heterocycles. The average Bonchev–Trinajstić information content (AvgIpc) is 3.24. The van der Waals surface area contributed by atoms with Crippen LogP contribution >= 0.6 is 11.8 Å². The summed E-state index contributed by atoms with van der Waals surface area (Å²) in [5.74, 6) is 0.751. The van der Waals surface area contributed by atoms with Gasteiger partial charge in [0.1, 0.15) is 24.8 Å². The highest BCUT2D eigenvalue weighted by Crippen LogP contribution is 2.28. The Kier molecular flexibility index (Phi) is 7.84. The van der Waals surface area contributed by atoms with Crippen LogP contribution in [0.15, 0.2) is 71.9 Å². The van der Waals surface area contributed by atoms with Crippen molar-refractivity contribution in [1.29, 1.82) is 0 Å². The summed E-state index contributed by atoms with van der Waals surface area (Å²) in [6.45, 7) is 1.29. The minimum atomic E-state index is -0.418. The predicted octanol–water partition coefficient (Wildman–Crippen LogP) is 4.77. The Morgan fingerprint density at radius 3 is 2.58 bits per heavy atom. The molecule has 0 atom stereocenters. The van der Waals surface area contributed by atoms with Crippen molar-refractivity contribution >= 4 is 35.1 Å². The number of nitrogens with one attached hydrogen (secondary N) is 1. The van der Waals surface area contributed by atoms with Gasteiger partial charge in [-0.15, -0.1) is 0 Å². The minimum absolute atomic E-state index is 0.108. The second-order valence-electron chi connectivity index (χ2n) is 8.57. The van der Waals surface area contributed by atoms with E-state index in [-0.39, 0.29) is 18.8 Å². The molecule has 0 radical (unpaired) electrons. The third-order valence-electron chi connectivity index (χ3n) is 5.83. The third kappa shape index (κ3) is 6.68. The Labute approximate surface area is 223 Å². The monoisotopic (exact) mass is 532 g/mol. The Balaban J connectivity index is 1.13. The molecule has 0 saturated carbocycles. The molecule has 194 valence electrons. The molecule has 1 N–H and O–H groups in total. The number of likely N-dealkylation sites (tertiary alicyclic amines) is 1. The summed E-state index contributed by atoms with van der Waals surface area (Å²) in [4.78, 5) is 45.9. The number of nitrogens with zero attached hydrogens (tertiary/aromatic N) is 3. The quantitative estimate of drug-likeness (QED) is 0.429. The van der Waals surface area contributed by atoms with E-state index in [4.69, 9.17) is 14.2 Å². The lowest BCUT2D eigenvalue weighted by atomic mass is 10.1. The number of benzene rings is 2. The van der Waals surface area contributed by atoms with Crippen molar-refractivity contribution in [3.63, 3.8) is 0 Å². The van der Waals surface area contributed by atoms with Gasteiger partial charge in [-0.3, -0.25) is 14.9 Å². The maximum Gasteiger partial charge on any atom is 0.410 e. The van der Waals surface area contributed by atoms with Crippen LogP contribution in [0.3, 0.4) is 0 Å². The molecule has 2 fully saturated rings. The smallest absolute Gasteiger partial charge is 0.410 e. The number of amides is 3. The second-order valence-corrected chi connectivity index (χ2v) is 9.58. The second kappa shape index (κ2) is 11.8. The Morgan fingerprint density at radius 1 is 1.03 bits per heavy atom. The maximum atomic E-state index is 12.4. The SMILES string of the molecule is O=C1NC(=O)/C(=C/c2cccc(Oc3cc(OC4CCN(C(=O)OCc5ccccc5)CC4)ncn3)c2)S1. The lowest BCUT2D eigenvalue weighted by Crippen LogP contribution is -2.42. The maximum absolute atomic E-state index is 12.4. The highest BCUT2D eigenvalue weighted by molar-refractivity contribution is 8.18. The molecule has 10 nitrogen and oxygen atoms in total. The molecule has 3 aromatic rings. The van der Waals surface area contributed by atoms with E-state index in [1.807, 2.05) is 30.3 Å². The first-order valence-corrected chi connectivity index (χ1v) is 12.8. The average molecular weight is 533 g/mol. The molecule has 5 rings (SSSR count). The highest BCUT2D eigenvalue weighted by Gasteiger charge is 2.26. The van der Waals surface area contributed by atoms with Gasteiger partial charge in [0, 0.05) is 25.9 Å². The van der Waals surface area contributed by atoms with Crippen molar-refractivity contribution < 1.29 is 28.6 Å². The number of aromatic nitrogens is 2. The number of imide groups is 1. The van der Waals surface area contributed by atoms with E-state index in [1.54, 1.807) is 41.3 Å². The van der Waals surface area contributed by atoms with Gasteiger partial charge >= 0.3 is 6.09 Å². The fourth-order valence-electron chi connectivity index (χ4n) is 3.94.